The van der Waals surface area contributed by atoms with Crippen LogP contribution in [0.25, 0.3) is 0 Å². The van der Waals surface area contributed by atoms with Gasteiger partial charge in [0.15, 0.2) is 5.82 Å². The number of hydrogen-bond donors (Lipinski definition) is 2. The number of nitriles is 1. The van der Waals surface area contributed by atoms with E-state index in [9.17, 15) is 5.26 Å². The molecule has 2 rings (SSSR count). The molecular formula is C15H19N5. The Balaban J connectivity index is 2.45. The largest absolute Gasteiger partial charge is 0.394 e. The van der Waals surface area contributed by atoms with Crippen molar-refractivity contribution in [1.82, 2.24) is 9.78 Å². The van der Waals surface area contributed by atoms with Crippen LogP contribution in [0, 0.1) is 25.2 Å². The van der Waals surface area contributed by atoms with E-state index in [4.69, 9.17) is 5.73 Å². The number of benzene rings is 1. The average Bonchev–Trinajstić information content (AvgIpc) is 2.67. The highest BCUT2D eigenvalue weighted by molar-refractivity contribution is 5.74. The number of rotatable bonds is 4. The SMILES string of the molecule is CCCn1nc(C)c(N)c1Nc1cccc(C)c1C#N. The summed E-state index contributed by atoms with van der Waals surface area (Å²) in [5.41, 5.74) is 9.84. The molecule has 3 N–H and O–H groups in total. The molecule has 0 radical (unpaired) electrons. The van der Waals surface area contributed by atoms with Crippen LogP contribution in [0.5, 0.6) is 0 Å². The van der Waals surface area contributed by atoms with Crippen molar-refractivity contribution in [3.8, 4) is 6.07 Å². The first kappa shape index (κ1) is 13.9. The molecule has 5 heteroatoms. The van der Waals surface area contributed by atoms with Crippen LogP contribution in [0.2, 0.25) is 0 Å². The number of hydrogen-bond acceptors (Lipinski definition) is 4. The Kier molecular flexibility index (Phi) is 3.94. The second kappa shape index (κ2) is 5.66. The standard InChI is InChI=1S/C15H19N5/c1-4-8-20-15(14(17)11(3)19-20)18-13-7-5-6-10(2)12(13)9-16/h5-7,18H,4,8,17H2,1-3H3. The second-order valence-electron chi connectivity index (χ2n) is 4.81. The van der Waals surface area contributed by atoms with Gasteiger partial charge in [-0.05, 0) is 31.9 Å². The first-order valence-corrected chi connectivity index (χ1v) is 6.68. The molecule has 0 aliphatic rings. The van der Waals surface area contributed by atoms with Gasteiger partial charge in [-0.15, -0.1) is 0 Å². The molecule has 104 valence electrons. The summed E-state index contributed by atoms with van der Waals surface area (Å²) >= 11 is 0. The van der Waals surface area contributed by atoms with Crippen molar-refractivity contribution in [3.63, 3.8) is 0 Å². The first-order chi connectivity index (χ1) is 9.58. The lowest BCUT2D eigenvalue weighted by Gasteiger charge is -2.12. The predicted molar refractivity (Wildman–Crippen MR) is 80.8 cm³/mol. The smallest absolute Gasteiger partial charge is 0.152 e. The third-order valence-corrected chi connectivity index (χ3v) is 3.25. The third kappa shape index (κ3) is 2.45. The third-order valence-electron chi connectivity index (χ3n) is 3.25. The van der Waals surface area contributed by atoms with Gasteiger partial charge in [0, 0.05) is 6.54 Å². The van der Waals surface area contributed by atoms with Crippen LogP contribution in [0.4, 0.5) is 17.2 Å². The Morgan fingerprint density at radius 1 is 1.40 bits per heavy atom. The molecule has 0 saturated carbocycles. The van der Waals surface area contributed by atoms with E-state index in [1.54, 1.807) is 0 Å². The number of nitrogens with one attached hydrogen (secondary N) is 1. The Hall–Kier alpha value is -2.48. The van der Waals surface area contributed by atoms with Gasteiger partial charge < -0.3 is 11.1 Å². The Morgan fingerprint density at radius 2 is 2.15 bits per heavy atom. The van der Waals surface area contributed by atoms with Crippen LogP contribution in [0.15, 0.2) is 18.2 Å². The monoisotopic (exact) mass is 269 g/mol. The van der Waals surface area contributed by atoms with Crippen molar-refractivity contribution >= 4 is 17.2 Å². The van der Waals surface area contributed by atoms with Gasteiger partial charge in [0.1, 0.15) is 6.07 Å². The van der Waals surface area contributed by atoms with Crippen LogP contribution in [0.3, 0.4) is 0 Å². The van der Waals surface area contributed by atoms with Crippen LogP contribution in [-0.2, 0) is 6.54 Å². The van der Waals surface area contributed by atoms with Crippen LogP contribution < -0.4 is 11.1 Å². The number of aryl methyl sites for hydroxylation is 3. The summed E-state index contributed by atoms with van der Waals surface area (Å²) in [6, 6.07) is 7.94. The fraction of sp³-hybridized carbons (Fsp3) is 0.333. The van der Waals surface area contributed by atoms with Gasteiger partial charge >= 0.3 is 0 Å². The molecule has 0 aliphatic heterocycles. The molecule has 0 spiro atoms. The number of aromatic nitrogens is 2. The van der Waals surface area contributed by atoms with Crippen LogP contribution in [0.1, 0.15) is 30.2 Å². The fourth-order valence-corrected chi connectivity index (χ4v) is 2.15. The van der Waals surface area contributed by atoms with Crippen molar-refractivity contribution in [1.29, 1.82) is 5.26 Å². The Bertz CT molecular complexity index is 664. The number of anilines is 3. The van der Waals surface area contributed by atoms with Gasteiger partial charge in [0.25, 0.3) is 0 Å². The summed E-state index contributed by atoms with van der Waals surface area (Å²) in [6.07, 6.45) is 0.966. The maximum Gasteiger partial charge on any atom is 0.152 e. The quantitative estimate of drug-likeness (QED) is 0.893. The zero-order valence-electron chi connectivity index (χ0n) is 12.1. The molecule has 1 heterocycles. The summed E-state index contributed by atoms with van der Waals surface area (Å²) in [5.74, 6) is 0.756. The van der Waals surface area contributed by atoms with E-state index < -0.39 is 0 Å². The zero-order chi connectivity index (χ0) is 14.7. The van der Waals surface area contributed by atoms with Crippen molar-refractivity contribution in [2.45, 2.75) is 33.7 Å². The van der Waals surface area contributed by atoms with E-state index >= 15 is 0 Å². The molecule has 0 unspecified atom stereocenters. The summed E-state index contributed by atoms with van der Waals surface area (Å²) in [6.45, 7) is 6.67. The molecular weight excluding hydrogens is 250 g/mol. The number of nitrogens with zero attached hydrogens (tertiary/aromatic N) is 3. The van der Waals surface area contributed by atoms with E-state index in [1.807, 2.05) is 36.7 Å². The molecule has 1 aromatic heterocycles. The molecule has 20 heavy (non-hydrogen) atoms. The molecule has 0 fully saturated rings. The van der Waals surface area contributed by atoms with Crippen LogP contribution >= 0.6 is 0 Å². The van der Waals surface area contributed by atoms with E-state index in [0.717, 1.165) is 35.7 Å². The minimum Gasteiger partial charge on any atom is -0.394 e. The normalized spacial score (nSPS) is 10.3. The van der Waals surface area contributed by atoms with Gasteiger partial charge in [-0.3, -0.25) is 0 Å². The van der Waals surface area contributed by atoms with Gasteiger partial charge in [0.05, 0.1) is 22.6 Å². The highest BCUT2D eigenvalue weighted by Gasteiger charge is 2.14. The first-order valence-electron chi connectivity index (χ1n) is 6.68. The zero-order valence-corrected chi connectivity index (χ0v) is 12.1. The Morgan fingerprint density at radius 3 is 2.80 bits per heavy atom. The molecule has 0 aliphatic carbocycles. The molecule has 5 nitrogen and oxygen atoms in total. The number of nitrogens with two attached hydrogens (primary N) is 1. The van der Waals surface area contributed by atoms with Crippen molar-refractivity contribution in [3.05, 3.63) is 35.0 Å². The lowest BCUT2D eigenvalue weighted by atomic mass is 10.1. The summed E-state index contributed by atoms with van der Waals surface area (Å²) < 4.78 is 1.86. The lowest BCUT2D eigenvalue weighted by Crippen LogP contribution is -2.06. The highest BCUT2D eigenvalue weighted by atomic mass is 15.3. The van der Waals surface area contributed by atoms with Crippen molar-refractivity contribution in [2.24, 2.45) is 0 Å². The molecule has 0 bridgehead atoms. The molecule has 0 amide bonds. The van der Waals surface area contributed by atoms with Gasteiger partial charge in [-0.25, -0.2) is 4.68 Å². The Labute approximate surface area is 119 Å². The summed E-state index contributed by atoms with van der Waals surface area (Å²) in [4.78, 5) is 0. The van der Waals surface area contributed by atoms with E-state index in [2.05, 4.69) is 23.4 Å². The minimum absolute atomic E-state index is 0.629. The summed E-state index contributed by atoms with van der Waals surface area (Å²) in [7, 11) is 0. The predicted octanol–water partition coefficient (Wildman–Crippen LogP) is 3.11. The molecule has 0 atom stereocenters. The summed E-state index contributed by atoms with van der Waals surface area (Å²) in [5, 5.41) is 17.0. The van der Waals surface area contributed by atoms with E-state index in [0.29, 0.717) is 11.3 Å². The van der Waals surface area contributed by atoms with Crippen LogP contribution in [-0.4, -0.2) is 9.78 Å². The maximum absolute atomic E-state index is 9.28. The van der Waals surface area contributed by atoms with E-state index in [1.165, 1.54) is 0 Å². The fourth-order valence-electron chi connectivity index (χ4n) is 2.15. The lowest BCUT2D eigenvalue weighted by molar-refractivity contribution is 0.605. The number of nitrogen functional groups attached to an aromatic ring is 1. The average molecular weight is 269 g/mol. The van der Waals surface area contributed by atoms with E-state index in [-0.39, 0.29) is 0 Å². The minimum atomic E-state index is 0.629. The molecule has 1 aromatic carbocycles. The van der Waals surface area contributed by atoms with Crippen molar-refractivity contribution < 1.29 is 0 Å². The molecule has 2 aromatic rings. The molecule has 0 saturated heterocycles. The maximum atomic E-state index is 9.28. The second-order valence-corrected chi connectivity index (χ2v) is 4.81. The van der Waals surface area contributed by atoms with Crippen molar-refractivity contribution in [2.75, 3.05) is 11.1 Å². The van der Waals surface area contributed by atoms with Gasteiger partial charge in [-0.2, -0.15) is 10.4 Å². The highest BCUT2D eigenvalue weighted by Crippen LogP contribution is 2.28. The van der Waals surface area contributed by atoms with Gasteiger partial charge in [0.2, 0.25) is 0 Å². The topological polar surface area (TPSA) is 79.7 Å². The van der Waals surface area contributed by atoms with Gasteiger partial charge in [-0.1, -0.05) is 19.1 Å².